The Hall–Kier alpha value is -2.09. The number of carbonyl (C=O) groups excluding carboxylic acids is 1. The van der Waals surface area contributed by atoms with E-state index in [1.54, 1.807) is 13.0 Å². The Morgan fingerprint density at radius 1 is 1.62 bits per heavy atom. The van der Waals surface area contributed by atoms with E-state index < -0.39 is 17.8 Å². The standard InChI is InChI=1S/C11H12FN3O/c1-7-2-8(12)4-9(3-7)15-10(6-13)5-11(14)16/h2-4,10,15H,5H2,1H3,(H2,14,16). The van der Waals surface area contributed by atoms with Crippen LogP contribution in [-0.2, 0) is 4.79 Å². The minimum Gasteiger partial charge on any atom is -0.370 e. The molecule has 5 heteroatoms. The van der Waals surface area contributed by atoms with Gasteiger partial charge in [0.15, 0.2) is 0 Å². The fraction of sp³-hybridized carbons (Fsp3) is 0.273. The van der Waals surface area contributed by atoms with Gasteiger partial charge < -0.3 is 11.1 Å². The molecule has 1 aromatic carbocycles. The van der Waals surface area contributed by atoms with E-state index >= 15 is 0 Å². The van der Waals surface area contributed by atoms with Crippen molar-refractivity contribution in [3.63, 3.8) is 0 Å². The largest absolute Gasteiger partial charge is 0.370 e. The third-order valence-corrected chi connectivity index (χ3v) is 1.94. The number of amides is 1. The van der Waals surface area contributed by atoms with E-state index in [0.717, 1.165) is 5.56 Å². The predicted octanol–water partition coefficient (Wildman–Crippen LogP) is 1.31. The van der Waals surface area contributed by atoms with Crippen LogP contribution in [0.2, 0.25) is 0 Å². The Kier molecular flexibility index (Phi) is 3.84. The SMILES string of the molecule is Cc1cc(F)cc(NC(C#N)CC(N)=O)c1. The van der Waals surface area contributed by atoms with Gasteiger partial charge in [-0.25, -0.2) is 4.39 Å². The molecule has 1 unspecified atom stereocenters. The quantitative estimate of drug-likeness (QED) is 0.804. The number of rotatable bonds is 4. The molecule has 3 N–H and O–H groups in total. The molecule has 0 aliphatic heterocycles. The zero-order valence-corrected chi connectivity index (χ0v) is 8.83. The molecule has 1 atom stereocenters. The lowest BCUT2D eigenvalue weighted by Gasteiger charge is -2.11. The number of carbonyl (C=O) groups is 1. The summed E-state index contributed by atoms with van der Waals surface area (Å²) in [6.07, 6.45) is -0.105. The summed E-state index contributed by atoms with van der Waals surface area (Å²) in [7, 11) is 0. The van der Waals surface area contributed by atoms with Crippen LogP contribution in [0.4, 0.5) is 10.1 Å². The number of nitriles is 1. The molecule has 16 heavy (non-hydrogen) atoms. The Labute approximate surface area is 92.9 Å². The number of primary amides is 1. The number of anilines is 1. The van der Waals surface area contributed by atoms with Crippen molar-refractivity contribution in [1.29, 1.82) is 5.26 Å². The summed E-state index contributed by atoms with van der Waals surface area (Å²) in [5.74, 6) is -0.967. The molecular weight excluding hydrogens is 209 g/mol. The van der Waals surface area contributed by atoms with Crippen LogP contribution in [0.1, 0.15) is 12.0 Å². The van der Waals surface area contributed by atoms with Crippen molar-refractivity contribution < 1.29 is 9.18 Å². The van der Waals surface area contributed by atoms with Crippen LogP contribution >= 0.6 is 0 Å². The predicted molar refractivity (Wildman–Crippen MR) is 58.0 cm³/mol. The first-order valence-corrected chi connectivity index (χ1v) is 4.73. The van der Waals surface area contributed by atoms with Gasteiger partial charge in [0.1, 0.15) is 11.9 Å². The second kappa shape index (κ2) is 5.12. The molecule has 0 aromatic heterocycles. The van der Waals surface area contributed by atoms with Crippen LogP contribution in [0.3, 0.4) is 0 Å². The molecule has 1 aromatic rings. The number of halogens is 1. The Balaban J connectivity index is 2.78. The Bertz CT molecular complexity index is 419. The van der Waals surface area contributed by atoms with Crippen molar-refractivity contribution >= 4 is 11.6 Å². The molecule has 0 bridgehead atoms. The van der Waals surface area contributed by atoms with Gasteiger partial charge in [0, 0.05) is 5.69 Å². The Morgan fingerprint density at radius 2 is 2.31 bits per heavy atom. The van der Waals surface area contributed by atoms with E-state index in [4.69, 9.17) is 11.0 Å². The second-order valence-electron chi connectivity index (χ2n) is 3.51. The van der Waals surface area contributed by atoms with E-state index in [9.17, 15) is 9.18 Å². The monoisotopic (exact) mass is 221 g/mol. The van der Waals surface area contributed by atoms with Crippen molar-refractivity contribution in [2.45, 2.75) is 19.4 Å². The number of benzene rings is 1. The van der Waals surface area contributed by atoms with E-state index in [1.165, 1.54) is 12.1 Å². The van der Waals surface area contributed by atoms with Gasteiger partial charge in [-0.3, -0.25) is 4.79 Å². The molecule has 4 nitrogen and oxygen atoms in total. The van der Waals surface area contributed by atoms with Crippen LogP contribution in [0, 0.1) is 24.1 Å². The molecule has 1 amide bonds. The number of hydrogen-bond acceptors (Lipinski definition) is 3. The highest BCUT2D eigenvalue weighted by Gasteiger charge is 2.11. The van der Waals surface area contributed by atoms with Gasteiger partial charge in [-0.05, 0) is 30.7 Å². The Morgan fingerprint density at radius 3 is 2.81 bits per heavy atom. The number of nitrogens with one attached hydrogen (secondary N) is 1. The first-order chi connectivity index (χ1) is 7.51. The van der Waals surface area contributed by atoms with Gasteiger partial charge in [0.25, 0.3) is 0 Å². The highest BCUT2D eigenvalue weighted by molar-refractivity contribution is 5.75. The first-order valence-electron chi connectivity index (χ1n) is 4.73. The topological polar surface area (TPSA) is 78.9 Å². The van der Waals surface area contributed by atoms with Crippen molar-refractivity contribution in [3.8, 4) is 6.07 Å². The summed E-state index contributed by atoms with van der Waals surface area (Å²) < 4.78 is 13.0. The molecule has 84 valence electrons. The summed E-state index contributed by atoms with van der Waals surface area (Å²) in [6, 6.07) is 5.48. The molecule has 0 aliphatic rings. The van der Waals surface area contributed by atoms with E-state index in [1.807, 2.05) is 6.07 Å². The average Bonchev–Trinajstić information content (AvgIpc) is 2.14. The number of hydrogen-bond donors (Lipinski definition) is 2. The molecular formula is C11H12FN3O. The molecule has 0 saturated carbocycles. The molecule has 0 radical (unpaired) electrons. The zero-order chi connectivity index (χ0) is 12.1. The van der Waals surface area contributed by atoms with Crippen LogP contribution < -0.4 is 11.1 Å². The van der Waals surface area contributed by atoms with Gasteiger partial charge in [-0.15, -0.1) is 0 Å². The normalized spacial score (nSPS) is 11.6. The molecule has 0 fully saturated rings. The number of nitrogens with zero attached hydrogens (tertiary/aromatic N) is 1. The summed E-state index contributed by atoms with van der Waals surface area (Å²) in [6.45, 7) is 1.74. The van der Waals surface area contributed by atoms with E-state index in [-0.39, 0.29) is 6.42 Å². The van der Waals surface area contributed by atoms with Gasteiger partial charge in [-0.2, -0.15) is 5.26 Å². The molecule has 0 spiro atoms. The highest BCUT2D eigenvalue weighted by atomic mass is 19.1. The van der Waals surface area contributed by atoms with Crippen LogP contribution in [0.5, 0.6) is 0 Å². The number of nitrogens with two attached hydrogens (primary N) is 1. The van der Waals surface area contributed by atoms with Gasteiger partial charge in [0.05, 0.1) is 12.5 Å². The minimum atomic E-state index is -0.737. The summed E-state index contributed by atoms with van der Waals surface area (Å²) >= 11 is 0. The first kappa shape index (κ1) is 12.0. The second-order valence-corrected chi connectivity index (χ2v) is 3.51. The van der Waals surface area contributed by atoms with Crippen molar-refractivity contribution in [1.82, 2.24) is 0 Å². The van der Waals surface area contributed by atoms with Crippen molar-refractivity contribution in [2.24, 2.45) is 5.73 Å². The van der Waals surface area contributed by atoms with E-state index in [0.29, 0.717) is 5.69 Å². The zero-order valence-electron chi connectivity index (χ0n) is 8.83. The van der Waals surface area contributed by atoms with Crippen LogP contribution in [-0.4, -0.2) is 11.9 Å². The molecule has 0 saturated heterocycles. The van der Waals surface area contributed by atoms with E-state index in [2.05, 4.69) is 5.32 Å². The lowest BCUT2D eigenvalue weighted by Crippen LogP contribution is -2.25. The van der Waals surface area contributed by atoms with Crippen molar-refractivity contribution in [3.05, 3.63) is 29.6 Å². The lowest BCUT2D eigenvalue weighted by molar-refractivity contribution is -0.118. The summed E-state index contributed by atoms with van der Waals surface area (Å²) in [5.41, 5.74) is 6.18. The van der Waals surface area contributed by atoms with Gasteiger partial charge in [0.2, 0.25) is 5.91 Å². The van der Waals surface area contributed by atoms with Crippen LogP contribution in [0.15, 0.2) is 18.2 Å². The van der Waals surface area contributed by atoms with Gasteiger partial charge >= 0.3 is 0 Å². The average molecular weight is 221 g/mol. The van der Waals surface area contributed by atoms with Crippen LogP contribution in [0.25, 0.3) is 0 Å². The summed E-state index contributed by atoms with van der Waals surface area (Å²) in [4.78, 5) is 10.6. The lowest BCUT2D eigenvalue weighted by atomic mass is 10.1. The smallest absolute Gasteiger partial charge is 0.220 e. The van der Waals surface area contributed by atoms with Crippen molar-refractivity contribution in [2.75, 3.05) is 5.32 Å². The third-order valence-electron chi connectivity index (χ3n) is 1.94. The maximum absolute atomic E-state index is 13.0. The fourth-order valence-electron chi connectivity index (χ4n) is 1.35. The highest BCUT2D eigenvalue weighted by Crippen LogP contribution is 2.14. The fourth-order valence-corrected chi connectivity index (χ4v) is 1.35. The minimum absolute atomic E-state index is 0.105. The number of aryl methyl sites for hydroxylation is 1. The molecule has 1 rings (SSSR count). The molecule has 0 aliphatic carbocycles. The third kappa shape index (κ3) is 3.58. The summed E-state index contributed by atoms with van der Waals surface area (Å²) in [5, 5.41) is 11.5. The molecule has 0 heterocycles. The maximum Gasteiger partial charge on any atom is 0.220 e. The maximum atomic E-state index is 13.0. The van der Waals surface area contributed by atoms with Gasteiger partial charge in [-0.1, -0.05) is 0 Å².